The lowest BCUT2D eigenvalue weighted by atomic mass is 10.0. The zero-order valence-electron chi connectivity index (χ0n) is 20.8. The Kier molecular flexibility index (Phi) is 6.76. The van der Waals surface area contributed by atoms with Crippen LogP contribution in [0.15, 0.2) is 71.5 Å². The van der Waals surface area contributed by atoms with E-state index in [0.29, 0.717) is 53.8 Å². The van der Waals surface area contributed by atoms with Crippen molar-refractivity contribution in [2.24, 2.45) is 5.73 Å². The van der Waals surface area contributed by atoms with Crippen molar-refractivity contribution in [2.45, 2.75) is 12.5 Å². The van der Waals surface area contributed by atoms with E-state index in [2.05, 4.69) is 44.5 Å². The maximum absolute atomic E-state index is 13.5. The van der Waals surface area contributed by atoms with Gasteiger partial charge in [0.25, 0.3) is 5.56 Å². The number of hydrogen-bond donors (Lipinski definition) is 4. The molecule has 1 aliphatic rings. The summed E-state index contributed by atoms with van der Waals surface area (Å²) in [6.45, 7) is 3.47. The first-order valence-electron chi connectivity index (χ1n) is 12.8. The third-order valence-corrected chi connectivity index (χ3v) is 7.25. The van der Waals surface area contributed by atoms with Gasteiger partial charge < -0.3 is 30.7 Å². The zero-order chi connectivity index (χ0) is 26.1. The smallest absolute Gasteiger partial charge is 0.261 e. The highest BCUT2D eigenvalue weighted by Gasteiger charge is 2.21. The van der Waals surface area contributed by atoms with E-state index in [1.54, 1.807) is 6.07 Å². The van der Waals surface area contributed by atoms with Crippen molar-refractivity contribution >= 4 is 44.9 Å². The number of hydrogen-bond acceptors (Lipinski definition) is 6. The maximum atomic E-state index is 13.5. The minimum absolute atomic E-state index is 0.113. The number of nitrogens with two attached hydrogens (primary N) is 1. The van der Waals surface area contributed by atoms with Gasteiger partial charge in [0.1, 0.15) is 11.4 Å². The molecule has 9 heteroatoms. The van der Waals surface area contributed by atoms with Crippen molar-refractivity contribution in [2.75, 3.05) is 43.1 Å². The summed E-state index contributed by atoms with van der Waals surface area (Å²) < 4.78 is 5.49. The maximum Gasteiger partial charge on any atom is 0.261 e. The second-order valence-corrected chi connectivity index (χ2v) is 9.98. The SMILES string of the molecule is NC[C@H](Cc1ccccc1)Nc1c(-c2nc3cc(N4CCOCC4)ccc3[nH]2)c(=O)[nH]c2ccc(Cl)cc12. The van der Waals surface area contributed by atoms with Crippen LogP contribution in [-0.2, 0) is 11.2 Å². The molecule has 0 spiro atoms. The van der Waals surface area contributed by atoms with Gasteiger partial charge in [-0.2, -0.15) is 0 Å². The van der Waals surface area contributed by atoms with Crippen molar-refractivity contribution in [3.05, 3.63) is 87.7 Å². The summed E-state index contributed by atoms with van der Waals surface area (Å²) in [5.41, 5.74) is 11.6. The molecule has 5 aromatic rings. The molecule has 0 bridgehead atoms. The summed E-state index contributed by atoms with van der Waals surface area (Å²) in [7, 11) is 0. The topological polar surface area (TPSA) is 112 Å². The molecule has 2 aromatic heterocycles. The molecule has 1 atom stereocenters. The van der Waals surface area contributed by atoms with Crippen LogP contribution in [0.3, 0.4) is 0 Å². The Balaban J connectivity index is 1.45. The van der Waals surface area contributed by atoms with Gasteiger partial charge in [0, 0.05) is 41.8 Å². The van der Waals surface area contributed by atoms with E-state index in [1.165, 1.54) is 0 Å². The van der Waals surface area contributed by atoms with Gasteiger partial charge in [0.05, 0.1) is 35.5 Å². The first-order valence-corrected chi connectivity index (χ1v) is 13.2. The van der Waals surface area contributed by atoms with Crippen LogP contribution < -0.4 is 21.5 Å². The Bertz CT molecular complexity index is 1640. The quantitative estimate of drug-likeness (QED) is 0.247. The van der Waals surface area contributed by atoms with Crippen LogP contribution in [0.5, 0.6) is 0 Å². The predicted octanol–water partition coefficient (Wildman–Crippen LogP) is 4.54. The fourth-order valence-corrected chi connectivity index (χ4v) is 5.24. The van der Waals surface area contributed by atoms with E-state index >= 15 is 0 Å². The van der Waals surface area contributed by atoms with Gasteiger partial charge in [-0.1, -0.05) is 41.9 Å². The van der Waals surface area contributed by atoms with E-state index in [1.807, 2.05) is 36.4 Å². The highest BCUT2D eigenvalue weighted by atomic mass is 35.5. The molecule has 194 valence electrons. The number of nitrogens with zero attached hydrogens (tertiary/aromatic N) is 2. The molecule has 0 radical (unpaired) electrons. The molecule has 6 rings (SSSR count). The van der Waals surface area contributed by atoms with E-state index in [-0.39, 0.29) is 11.6 Å². The average molecular weight is 529 g/mol. The van der Waals surface area contributed by atoms with Crippen molar-refractivity contribution in [3.63, 3.8) is 0 Å². The number of rotatable bonds is 7. The van der Waals surface area contributed by atoms with Gasteiger partial charge in [-0.25, -0.2) is 4.98 Å². The van der Waals surface area contributed by atoms with Gasteiger partial charge in [-0.05, 0) is 48.4 Å². The first-order chi connectivity index (χ1) is 18.6. The van der Waals surface area contributed by atoms with E-state index in [0.717, 1.165) is 40.8 Å². The number of aromatic amines is 2. The molecule has 0 saturated carbocycles. The standard InChI is InChI=1S/C29H29ClN6O2/c30-19-6-8-23-22(15-19)27(32-20(17-31)14-18-4-2-1-3-5-18)26(29(37)35-23)28-33-24-9-7-21(16-25(24)34-28)36-10-12-38-13-11-36/h1-9,15-16,20H,10-14,17,31H2,(H,33,34)(H2,32,35,37)/t20-/m0/s1. The van der Waals surface area contributed by atoms with Crippen LogP contribution >= 0.6 is 11.6 Å². The van der Waals surface area contributed by atoms with Gasteiger partial charge >= 0.3 is 0 Å². The van der Waals surface area contributed by atoms with Crippen LogP contribution in [0.2, 0.25) is 5.02 Å². The average Bonchev–Trinajstić information content (AvgIpc) is 3.37. The Hall–Kier alpha value is -3.85. The third-order valence-electron chi connectivity index (χ3n) is 7.01. The molecule has 0 amide bonds. The number of nitrogens with one attached hydrogen (secondary N) is 3. The lowest BCUT2D eigenvalue weighted by Crippen LogP contribution is -2.36. The highest BCUT2D eigenvalue weighted by molar-refractivity contribution is 6.31. The number of fused-ring (bicyclic) bond motifs is 2. The number of imidazole rings is 1. The fraction of sp³-hybridized carbons (Fsp3) is 0.241. The van der Waals surface area contributed by atoms with Crippen molar-refractivity contribution in [1.29, 1.82) is 0 Å². The van der Waals surface area contributed by atoms with Crippen molar-refractivity contribution < 1.29 is 4.74 Å². The Morgan fingerprint density at radius 3 is 2.61 bits per heavy atom. The van der Waals surface area contributed by atoms with Gasteiger partial charge in [-0.15, -0.1) is 0 Å². The minimum Gasteiger partial charge on any atom is -0.379 e. The summed E-state index contributed by atoms with van der Waals surface area (Å²) in [5.74, 6) is 0.486. The summed E-state index contributed by atoms with van der Waals surface area (Å²) in [6.07, 6.45) is 0.703. The number of H-pyrrole nitrogens is 2. The van der Waals surface area contributed by atoms with Gasteiger partial charge in [0.15, 0.2) is 0 Å². The number of morpholine rings is 1. The second kappa shape index (κ2) is 10.5. The zero-order valence-corrected chi connectivity index (χ0v) is 21.6. The van der Waals surface area contributed by atoms with Crippen LogP contribution in [0.4, 0.5) is 11.4 Å². The molecular weight excluding hydrogens is 500 g/mol. The lowest BCUT2D eigenvalue weighted by Gasteiger charge is -2.28. The summed E-state index contributed by atoms with van der Waals surface area (Å²) in [4.78, 5) is 27.0. The fourth-order valence-electron chi connectivity index (χ4n) is 5.07. The molecule has 38 heavy (non-hydrogen) atoms. The number of aromatic nitrogens is 3. The van der Waals surface area contributed by atoms with Gasteiger partial charge in [-0.3, -0.25) is 4.79 Å². The van der Waals surface area contributed by atoms with Gasteiger partial charge in [0.2, 0.25) is 0 Å². The number of ether oxygens (including phenoxy) is 1. The molecule has 1 aliphatic heterocycles. The number of halogens is 1. The summed E-state index contributed by atoms with van der Waals surface area (Å²) >= 11 is 6.40. The highest BCUT2D eigenvalue weighted by Crippen LogP contribution is 2.33. The molecule has 5 N–H and O–H groups in total. The first kappa shape index (κ1) is 24.5. The molecule has 1 fully saturated rings. The van der Waals surface area contributed by atoms with Crippen LogP contribution in [0, 0.1) is 0 Å². The normalized spacial score (nSPS) is 14.7. The molecule has 3 aromatic carbocycles. The molecule has 3 heterocycles. The Labute approximate surface area is 224 Å². The second-order valence-electron chi connectivity index (χ2n) is 9.55. The monoisotopic (exact) mass is 528 g/mol. The molecule has 8 nitrogen and oxygen atoms in total. The predicted molar refractivity (Wildman–Crippen MR) is 154 cm³/mol. The molecular formula is C29H29ClN6O2. The number of pyridine rings is 1. The van der Waals surface area contributed by atoms with Crippen LogP contribution in [0.1, 0.15) is 5.56 Å². The van der Waals surface area contributed by atoms with Crippen molar-refractivity contribution in [3.8, 4) is 11.4 Å². The summed E-state index contributed by atoms with van der Waals surface area (Å²) in [6, 6.07) is 21.6. The van der Waals surface area contributed by atoms with Crippen LogP contribution in [0.25, 0.3) is 33.3 Å². The Morgan fingerprint density at radius 2 is 1.82 bits per heavy atom. The largest absolute Gasteiger partial charge is 0.379 e. The van der Waals surface area contributed by atoms with E-state index < -0.39 is 0 Å². The van der Waals surface area contributed by atoms with Crippen molar-refractivity contribution in [1.82, 2.24) is 15.0 Å². The third kappa shape index (κ3) is 4.86. The number of benzene rings is 3. The lowest BCUT2D eigenvalue weighted by molar-refractivity contribution is 0.122. The minimum atomic E-state index is -0.245. The molecule has 0 aliphatic carbocycles. The van der Waals surface area contributed by atoms with E-state index in [4.69, 9.17) is 27.1 Å². The summed E-state index contributed by atoms with van der Waals surface area (Å²) in [5, 5.41) is 4.95. The molecule has 0 unspecified atom stereocenters. The Morgan fingerprint density at radius 1 is 1.03 bits per heavy atom. The molecule has 1 saturated heterocycles. The van der Waals surface area contributed by atoms with E-state index in [9.17, 15) is 4.79 Å². The number of anilines is 2. The van der Waals surface area contributed by atoms with Crippen LogP contribution in [-0.4, -0.2) is 53.8 Å².